The van der Waals surface area contributed by atoms with E-state index in [-0.39, 0.29) is 21.4 Å². The number of nitrogens with one attached hydrogen (secondary N) is 1. The summed E-state index contributed by atoms with van der Waals surface area (Å²) in [6.07, 6.45) is 0. The van der Waals surface area contributed by atoms with Gasteiger partial charge < -0.3 is 14.4 Å². The highest BCUT2D eigenvalue weighted by molar-refractivity contribution is 6.37. The molecular formula is C13H14Cl2N2O4. The Morgan fingerprint density at radius 2 is 1.86 bits per heavy atom. The fourth-order valence-electron chi connectivity index (χ4n) is 1.95. The van der Waals surface area contributed by atoms with Crippen LogP contribution >= 0.6 is 23.2 Å². The van der Waals surface area contributed by atoms with Gasteiger partial charge in [-0.25, -0.2) is 4.79 Å². The third-order valence-corrected chi connectivity index (χ3v) is 3.62. The molecule has 3 amide bonds. The molecule has 21 heavy (non-hydrogen) atoms. The Morgan fingerprint density at radius 1 is 1.24 bits per heavy atom. The maximum absolute atomic E-state index is 12.2. The smallest absolute Gasteiger partial charge is 0.324 e. The van der Waals surface area contributed by atoms with Gasteiger partial charge in [-0.05, 0) is 12.1 Å². The van der Waals surface area contributed by atoms with Crippen molar-refractivity contribution in [3.8, 4) is 5.75 Å². The Labute approximate surface area is 131 Å². The zero-order chi connectivity index (χ0) is 15.4. The summed E-state index contributed by atoms with van der Waals surface area (Å²) < 4.78 is 10.2. The van der Waals surface area contributed by atoms with Gasteiger partial charge in [-0.3, -0.25) is 10.1 Å². The summed E-state index contributed by atoms with van der Waals surface area (Å²) in [6.45, 7) is 1.75. The van der Waals surface area contributed by atoms with E-state index in [9.17, 15) is 9.59 Å². The molecule has 1 aliphatic heterocycles. The lowest BCUT2D eigenvalue weighted by molar-refractivity contribution is 0.0523. The Morgan fingerprint density at radius 3 is 2.48 bits per heavy atom. The summed E-state index contributed by atoms with van der Waals surface area (Å²) in [4.78, 5) is 25.7. The fraction of sp³-hybridized carbons (Fsp3) is 0.385. The quantitative estimate of drug-likeness (QED) is 0.901. The molecule has 0 atom stereocenters. The second kappa shape index (κ2) is 6.98. The van der Waals surface area contributed by atoms with E-state index in [1.165, 1.54) is 24.1 Å². The number of halogens is 2. The third kappa shape index (κ3) is 3.58. The van der Waals surface area contributed by atoms with Gasteiger partial charge in [-0.2, -0.15) is 0 Å². The molecule has 2 rings (SSSR count). The number of rotatable bonds is 2. The topological polar surface area (TPSA) is 67.9 Å². The van der Waals surface area contributed by atoms with Crippen molar-refractivity contribution in [2.45, 2.75) is 0 Å². The van der Waals surface area contributed by atoms with Crippen LogP contribution in [0.1, 0.15) is 10.4 Å². The van der Waals surface area contributed by atoms with Gasteiger partial charge in [-0.15, -0.1) is 0 Å². The molecule has 1 aromatic carbocycles. The Hall–Kier alpha value is -1.50. The summed E-state index contributed by atoms with van der Waals surface area (Å²) in [7, 11) is 1.37. The van der Waals surface area contributed by atoms with Gasteiger partial charge in [0, 0.05) is 13.1 Å². The number of morpholine rings is 1. The standard InChI is InChI=1S/C13H14Cl2N2O4/c1-20-11-9(15)3-2-8(14)10(11)12(18)16-13(19)17-4-6-21-7-5-17/h2-3H,4-7H2,1H3,(H,16,18,19). The van der Waals surface area contributed by atoms with E-state index in [0.717, 1.165) is 0 Å². The molecule has 0 bridgehead atoms. The highest BCUT2D eigenvalue weighted by atomic mass is 35.5. The first-order chi connectivity index (χ1) is 10.0. The van der Waals surface area contributed by atoms with E-state index < -0.39 is 11.9 Å². The van der Waals surface area contributed by atoms with Gasteiger partial charge in [-0.1, -0.05) is 23.2 Å². The summed E-state index contributed by atoms with van der Waals surface area (Å²) in [5.41, 5.74) is 0.0354. The number of urea groups is 1. The van der Waals surface area contributed by atoms with E-state index in [0.29, 0.717) is 26.3 Å². The molecule has 8 heteroatoms. The second-order valence-electron chi connectivity index (χ2n) is 4.30. The van der Waals surface area contributed by atoms with Crippen LogP contribution in [0.5, 0.6) is 5.75 Å². The number of ether oxygens (including phenoxy) is 2. The molecule has 0 radical (unpaired) electrons. The fourth-order valence-corrected chi connectivity index (χ4v) is 2.42. The number of hydrogen-bond acceptors (Lipinski definition) is 4. The number of carbonyl (C=O) groups is 2. The largest absolute Gasteiger partial charge is 0.494 e. The second-order valence-corrected chi connectivity index (χ2v) is 5.11. The van der Waals surface area contributed by atoms with Crippen LogP contribution in [-0.4, -0.2) is 50.3 Å². The molecule has 0 aliphatic carbocycles. The lowest BCUT2D eigenvalue weighted by Crippen LogP contribution is -2.48. The summed E-state index contributed by atoms with van der Waals surface area (Å²) in [5, 5.41) is 2.68. The first-order valence-electron chi connectivity index (χ1n) is 6.24. The van der Waals surface area contributed by atoms with Crippen molar-refractivity contribution in [3.05, 3.63) is 27.7 Å². The van der Waals surface area contributed by atoms with Crippen LogP contribution in [0.15, 0.2) is 12.1 Å². The average molecular weight is 333 g/mol. The number of carbonyl (C=O) groups excluding carboxylic acids is 2. The number of hydrogen-bond donors (Lipinski definition) is 1. The Kier molecular flexibility index (Phi) is 5.27. The molecule has 1 fully saturated rings. The van der Waals surface area contributed by atoms with E-state index >= 15 is 0 Å². The van der Waals surface area contributed by atoms with E-state index in [4.69, 9.17) is 32.7 Å². The molecule has 0 aromatic heterocycles. The van der Waals surface area contributed by atoms with Gasteiger partial charge in [0.05, 0.1) is 30.4 Å². The number of amides is 3. The van der Waals surface area contributed by atoms with E-state index in [2.05, 4.69) is 5.32 Å². The maximum Gasteiger partial charge on any atom is 0.324 e. The number of benzene rings is 1. The zero-order valence-electron chi connectivity index (χ0n) is 11.3. The number of nitrogens with zero attached hydrogens (tertiary/aromatic N) is 1. The minimum absolute atomic E-state index is 0.0354. The SMILES string of the molecule is COc1c(Cl)ccc(Cl)c1C(=O)NC(=O)N1CCOCC1. The van der Waals surface area contributed by atoms with Crippen LogP contribution in [0.3, 0.4) is 0 Å². The lowest BCUT2D eigenvalue weighted by Gasteiger charge is -2.26. The molecular weight excluding hydrogens is 319 g/mol. The molecule has 1 saturated heterocycles. The van der Waals surface area contributed by atoms with Crippen LogP contribution in [0.4, 0.5) is 4.79 Å². The van der Waals surface area contributed by atoms with Crippen molar-refractivity contribution >= 4 is 35.1 Å². The van der Waals surface area contributed by atoms with Crippen LogP contribution in [0.25, 0.3) is 0 Å². The molecule has 6 nitrogen and oxygen atoms in total. The third-order valence-electron chi connectivity index (χ3n) is 3.01. The van der Waals surface area contributed by atoms with Gasteiger partial charge in [0.15, 0.2) is 5.75 Å². The number of methoxy groups -OCH3 is 1. The van der Waals surface area contributed by atoms with Gasteiger partial charge in [0.1, 0.15) is 5.56 Å². The minimum atomic E-state index is -0.657. The molecule has 0 spiro atoms. The van der Waals surface area contributed by atoms with Crippen molar-refractivity contribution in [3.63, 3.8) is 0 Å². The highest BCUT2D eigenvalue weighted by Gasteiger charge is 2.24. The van der Waals surface area contributed by atoms with Crippen molar-refractivity contribution in [1.29, 1.82) is 0 Å². The van der Waals surface area contributed by atoms with Crippen LogP contribution in [-0.2, 0) is 4.74 Å². The van der Waals surface area contributed by atoms with Crippen molar-refractivity contribution in [1.82, 2.24) is 10.2 Å². The Balaban J connectivity index is 2.16. The van der Waals surface area contributed by atoms with Crippen molar-refractivity contribution < 1.29 is 19.1 Å². The first kappa shape index (κ1) is 15.9. The summed E-state index contributed by atoms with van der Waals surface area (Å²) >= 11 is 12.0. The van der Waals surface area contributed by atoms with Crippen LogP contribution < -0.4 is 10.1 Å². The minimum Gasteiger partial charge on any atom is -0.494 e. The molecule has 114 valence electrons. The Bertz CT molecular complexity index is 559. The summed E-state index contributed by atoms with van der Waals surface area (Å²) in [5.74, 6) is -0.521. The first-order valence-corrected chi connectivity index (χ1v) is 7.00. The monoisotopic (exact) mass is 332 g/mol. The van der Waals surface area contributed by atoms with Crippen molar-refractivity contribution in [2.24, 2.45) is 0 Å². The van der Waals surface area contributed by atoms with Gasteiger partial charge >= 0.3 is 6.03 Å². The van der Waals surface area contributed by atoms with Crippen LogP contribution in [0.2, 0.25) is 10.0 Å². The zero-order valence-corrected chi connectivity index (χ0v) is 12.8. The molecule has 0 saturated carbocycles. The summed E-state index contributed by atoms with van der Waals surface area (Å²) in [6, 6.07) is 2.49. The van der Waals surface area contributed by atoms with Gasteiger partial charge in [0.2, 0.25) is 0 Å². The highest BCUT2D eigenvalue weighted by Crippen LogP contribution is 2.33. The van der Waals surface area contributed by atoms with E-state index in [1.54, 1.807) is 0 Å². The van der Waals surface area contributed by atoms with Crippen LogP contribution in [0, 0.1) is 0 Å². The lowest BCUT2D eigenvalue weighted by atomic mass is 10.2. The molecule has 1 heterocycles. The van der Waals surface area contributed by atoms with E-state index in [1.807, 2.05) is 0 Å². The average Bonchev–Trinajstić information content (AvgIpc) is 2.49. The molecule has 0 unspecified atom stereocenters. The molecule has 1 aliphatic rings. The predicted octanol–water partition coefficient (Wildman–Crippen LogP) is 2.18. The van der Waals surface area contributed by atoms with Gasteiger partial charge in [0.25, 0.3) is 5.91 Å². The van der Waals surface area contributed by atoms with Crippen molar-refractivity contribution in [2.75, 3.05) is 33.4 Å². The maximum atomic E-state index is 12.2. The molecule has 1 aromatic rings. The molecule has 1 N–H and O–H groups in total. The normalized spacial score (nSPS) is 14.7. The predicted molar refractivity (Wildman–Crippen MR) is 78.3 cm³/mol. The number of imide groups is 1.